The zero-order chi connectivity index (χ0) is 14.9. The van der Waals surface area contributed by atoms with Crippen LogP contribution in [0.15, 0.2) is 18.2 Å². The lowest BCUT2D eigenvalue weighted by molar-refractivity contribution is -0.142. The third-order valence-corrected chi connectivity index (χ3v) is 4.35. The van der Waals surface area contributed by atoms with Gasteiger partial charge in [0.15, 0.2) is 0 Å². The minimum atomic E-state index is -0.988. The maximum absolute atomic E-state index is 12.0. The zero-order valence-corrected chi connectivity index (χ0v) is 12.5. The van der Waals surface area contributed by atoms with Crippen LogP contribution in [0.3, 0.4) is 0 Å². The van der Waals surface area contributed by atoms with Crippen LogP contribution < -0.4 is 0 Å². The number of aliphatic carboxylic acids is 1. The average Bonchev–Trinajstić information content (AvgIpc) is 2.71. The fraction of sp³-hybridized carbons (Fsp3) is 0.429. The molecule has 6 heteroatoms. The molecule has 0 aliphatic carbocycles. The van der Waals surface area contributed by atoms with E-state index in [1.807, 2.05) is 6.92 Å². The second kappa shape index (κ2) is 6.02. The van der Waals surface area contributed by atoms with Gasteiger partial charge in [-0.2, -0.15) is 0 Å². The lowest BCUT2D eigenvalue weighted by Gasteiger charge is -2.27. The Hall–Kier alpha value is -1.26. The van der Waals surface area contributed by atoms with E-state index in [-0.39, 0.29) is 12.3 Å². The van der Waals surface area contributed by atoms with Gasteiger partial charge in [0.1, 0.15) is 0 Å². The monoisotopic (exact) mass is 315 g/mol. The van der Waals surface area contributed by atoms with Crippen molar-refractivity contribution in [1.29, 1.82) is 0 Å². The van der Waals surface area contributed by atoms with E-state index in [0.717, 1.165) is 6.42 Å². The highest BCUT2D eigenvalue weighted by Gasteiger charge is 2.45. The van der Waals surface area contributed by atoms with Gasteiger partial charge in [-0.05, 0) is 18.1 Å². The summed E-state index contributed by atoms with van der Waals surface area (Å²) in [6, 6.07) is 4.54. The largest absolute Gasteiger partial charge is 0.481 e. The molecule has 1 aromatic rings. The molecule has 108 valence electrons. The number of amides is 1. The SMILES string of the molecule is CCCN1C(=O)CC(C(=O)O)C1c1cccc(Cl)c1Cl. The Morgan fingerprint density at radius 1 is 1.45 bits per heavy atom. The van der Waals surface area contributed by atoms with Gasteiger partial charge in [0.05, 0.1) is 22.0 Å². The van der Waals surface area contributed by atoms with Crippen LogP contribution in [0.1, 0.15) is 31.4 Å². The van der Waals surface area contributed by atoms with Crippen LogP contribution in [0.25, 0.3) is 0 Å². The van der Waals surface area contributed by atoms with Gasteiger partial charge in [0.2, 0.25) is 5.91 Å². The van der Waals surface area contributed by atoms with E-state index in [0.29, 0.717) is 22.2 Å². The molecule has 2 unspecified atom stereocenters. The molecule has 4 nitrogen and oxygen atoms in total. The lowest BCUT2D eigenvalue weighted by atomic mass is 9.93. The van der Waals surface area contributed by atoms with Gasteiger partial charge in [0.25, 0.3) is 0 Å². The summed E-state index contributed by atoms with van der Waals surface area (Å²) in [5.74, 6) is -1.93. The van der Waals surface area contributed by atoms with Crippen molar-refractivity contribution < 1.29 is 14.7 Å². The Morgan fingerprint density at radius 3 is 2.75 bits per heavy atom. The van der Waals surface area contributed by atoms with E-state index in [2.05, 4.69) is 0 Å². The summed E-state index contributed by atoms with van der Waals surface area (Å²) < 4.78 is 0. The molecule has 1 saturated heterocycles. The standard InChI is InChI=1S/C14H15Cl2NO3/c1-2-6-17-11(18)7-9(14(19)20)13(17)8-4-3-5-10(15)12(8)16/h3-5,9,13H,2,6-7H2,1H3,(H,19,20). The van der Waals surface area contributed by atoms with Gasteiger partial charge in [-0.1, -0.05) is 42.3 Å². The van der Waals surface area contributed by atoms with Crippen LogP contribution >= 0.6 is 23.2 Å². The van der Waals surface area contributed by atoms with Gasteiger partial charge < -0.3 is 10.0 Å². The molecular weight excluding hydrogens is 301 g/mol. The summed E-state index contributed by atoms with van der Waals surface area (Å²) in [6.07, 6.45) is 0.760. The molecule has 1 aromatic carbocycles. The molecule has 2 rings (SSSR count). The van der Waals surface area contributed by atoms with E-state index < -0.39 is 17.9 Å². The number of hydrogen-bond donors (Lipinski definition) is 1. The fourth-order valence-corrected chi connectivity index (χ4v) is 3.07. The Labute approximate surface area is 127 Å². The number of carboxylic acids is 1. The normalized spacial score (nSPS) is 22.4. The smallest absolute Gasteiger partial charge is 0.309 e. The number of carboxylic acid groups (broad SMARTS) is 1. The second-order valence-electron chi connectivity index (χ2n) is 4.82. The predicted molar refractivity (Wildman–Crippen MR) is 76.9 cm³/mol. The van der Waals surface area contributed by atoms with Crippen LogP contribution in [0.2, 0.25) is 10.0 Å². The summed E-state index contributed by atoms with van der Waals surface area (Å²) in [5, 5.41) is 10.0. The maximum Gasteiger partial charge on any atom is 0.309 e. The van der Waals surface area contributed by atoms with Gasteiger partial charge in [0, 0.05) is 13.0 Å². The zero-order valence-electron chi connectivity index (χ0n) is 11.0. The first kappa shape index (κ1) is 15.1. The quantitative estimate of drug-likeness (QED) is 0.926. The van der Waals surface area contributed by atoms with Crippen molar-refractivity contribution in [3.63, 3.8) is 0 Å². The number of hydrogen-bond acceptors (Lipinski definition) is 2. The molecule has 0 aromatic heterocycles. The highest BCUT2D eigenvalue weighted by Crippen LogP contribution is 2.42. The lowest BCUT2D eigenvalue weighted by Crippen LogP contribution is -2.31. The second-order valence-corrected chi connectivity index (χ2v) is 5.61. The molecule has 0 saturated carbocycles. The van der Waals surface area contributed by atoms with Crippen LogP contribution in [0.5, 0.6) is 0 Å². The van der Waals surface area contributed by atoms with Crippen molar-refractivity contribution in [1.82, 2.24) is 4.90 Å². The molecule has 1 aliphatic rings. The highest BCUT2D eigenvalue weighted by atomic mass is 35.5. The first-order chi connectivity index (χ1) is 9.47. The summed E-state index contributed by atoms with van der Waals surface area (Å²) in [6.45, 7) is 2.45. The van der Waals surface area contributed by atoms with E-state index in [9.17, 15) is 14.7 Å². The molecule has 1 fully saturated rings. The molecule has 0 spiro atoms. The van der Waals surface area contributed by atoms with Crippen LogP contribution in [0, 0.1) is 5.92 Å². The average molecular weight is 316 g/mol. The van der Waals surface area contributed by atoms with Crippen molar-refractivity contribution in [2.45, 2.75) is 25.8 Å². The van der Waals surface area contributed by atoms with E-state index >= 15 is 0 Å². The highest BCUT2D eigenvalue weighted by molar-refractivity contribution is 6.42. The van der Waals surface area contributed by atoms with Crippen molar-refractivity contribution in [2.75, 3.05) is 6.54 Å². The van der Waals surface area contributed by atoms with Crippen molar-refractivity contribution >= 4 is 35.1 Å². The summed E-state index contributed by atoms with van der Waals surface area (Å²) in [4.78, 5) is 25.1. The molecule has 1 aliphatic heterocycles. The molecule has 0 radical (unpaired) electrons. The number of carbonyl (C=O) groups excluding carboxylic acids is 1. The maximum atomic E-state index is 12.0. The van der Waals surface area contributed by atoms with Crippen molar-refractivity contribution in [3.05, 3.63) is 33.8 Å². The molecule has 1 N–H and O–H groups in total. The fourth-order valence-electron chi connectivity index (χ4n) is 2.65. The van der Waals surface area contributed by atoms with Gasteiger partial charge in [-0.15, -0.1) is 0 Å². The number of halogens is 2. The molecule has 2 atom stereocenters. The molecule has 1 amide bonds. The Kier molecular flexibility index (Phi) is 4.55. The minimum absolute atomic E-state index is 0.00282. The van der Waals surface area contributed by atoms with E-state index in [4.69, 9.17) is 23.2 Å². The number of rotatable bonds is 4. The first-order valence-corrected chi connectivity index (χ1v) is 7.19. The minimum Gasteiger partial charge on any atom is -0.481 e. The van der Waals surface area contributed by atoms with Gasteiger partial charge >= 0.3 is 5.97 Å². The van der Waals surface area contributed by atoms with E-state index in [1.165, 1.54) is 0 Å². The Morgan fingerprint density at radius 2 is 2.15 bits per heavy atom. The van der Waals surface area contributed by atoms with Gasteiger partial charge in [-0.25, -0.2) is 0 Å². The molecule has 20 heavy (non-hydrogen) atoms. The molecule has 1 heterocycles. The Bertz CT molecular complexity index is 547. The van der Waals surface area contributed by atoms with Gasteiger partial charge in [-0.3, -0.25) is 9.59 Å². The van der Waals surface area contributed by atoms with Crippen LogP contribution in [0.4, 0.5) is 0 Å². The third kappa shape index (κ3) is 2.63. The van der Waals surface area contributed by atoms with Crippen molar-refractivity contribution in [3.8, 4) is 0 Å². The number of nitrogens with zero attached hydrogens (tertiary/aromatic N) is 1. The summed E-state index contributed by atoms with van der Waals surface area (Å²) in [5.41, 5.74) is 0.603. The number of benzene rings is 1. The third-order valence-electron chi connectivity index (χ3n) is 3.51. The first-order valence-electron chi connectivity index (χ1n) is 6.43. The van der Waals surface area contributed by atoms with Crippen LogP contribution in [-0.2, 0) is 9.59 Å². The summed E-state index contributed by atoms with van der Waals surface area (Å²) in [7, 11) is 0. The number of likely N-dealkylation sites (tertiary alicyclic amines) is 1. The Balaban J connectivity index is 2.49. The van der Waals surface area contributed by atoms with E-state index in [1.54, 1.807) is 23.1 Å². The number of carbonyl (C=O) groups is 2. The molecule has 0 bridgehead atoms. The topological polar surface area (TPSA) is 57.6 Å². The predicted octanol–water partition coefficient (Wildman–Crippen LogP) is 3.38. The van der Waals surface area contributed by atoms with Crippen LogP contribution in [-0.4, -0.2) is 28.4 Å². The molecular formula is C14H15Cl2NO3. The van der Waals surface area contributed by atoms with Crippen molar-refractivity contribution in [2.24, 2.45) is 5.92 Å². The summed E-state index contributed by atoms with van der Waals surface area (Å²) >= 11 is 12.2.